The van der Waals surface area contributed by atoms with E-state index in [9.17, 15) is 4.79 Å². The summed E-state index contributed by atoms with van der Waals surface area (Å²) in [5, 5.41) is 11.1. The summed E-state index contributed by atoms with van der Waals surface area (Å²) in [5.74, 6) is -0.346. The van der Waals surface area contributed by atoms with Crippen LogP contribution in [0.4, 0.5) is 5.69 Å². The Bertz CT molecular complexity index is 1550. The molecule has 2 aromatic heterocycles. The summed E-state index contributed by atoms with van der Waals surface area (Å²) in [7, 11) is 2.06. The SMILES string of the molecule is CN1C/C(=C\c2cccs2)C(=O)[C@@]2(C1)[C@H](c1cccs1)[C@@H](c1ccccc1)N[C@]21C(=O)Nc2ccccc21. The summed E-state index contributed by atoms with van der Waals surface area (Å²) in [6.07, 6.45) is 2.03. The number of ketones is 1. The van der Waals surface area contributed by atoms with E-state index in [0.29, 0.717) is 13.1 Å². The first-order chi connectivity index (χ1) is 18.5. The molecule has 2 N–H and O–H groups in total. The average Bonchev–Trinajstić information content (AvgIpc) is 3.72. The number of piperidine rings is 1. The Kier molecular flexibility index (Phi) is 5.53. The van der Waals surface area contributed by atoms with Crippen molar-refractivity contribution in [3.63, 3.8) is 0 Å². The number of para-hydroxylation sites is 1. The Morgan fingerprint density at radius 2 is 1.68 bits per heavy atom. The molecule has 4 aromatic rings. The van der Waals surface area contributed by atoms with E-state index in [4.69, 9.17) is 0 Å². The molecule has 38 heavy (non-hydrogen) atoms. The molecule has 2 saturated heterocycles. The molecule has 3 aliphatic rings. The van der Waals surface area contributed by atoms with E-state index in [2.05, 4.69) is 46.2 Å². The van der Waals surface area contributed by atoms with Crippen molar-refractivity contribution in [2.24, 2.45) is 5.41 Å². The van der Waals surface area contributed by atoms with Gasteiger partial charge in [-0.1, -0.05) is 60.7 Å². The maximum Gasteiger partial charge on any atom is 0.250 e. The van der Waals surface area contributed by atoms with Gasteiger partial charge in [0.15, 0.2) is 5.78 Å². The van der Waals surface area contributed by atoms with Gasteiger partial charge in [0.2, 0.25) is 0 Å². The lowest BCUT2D eigenvalue weighted by Crippen LogP contribution is -2.65. The van der Waals surface area contributed by atoms with Crippen LogP contribution in [0.3, 0.4) is 0 Å². The summed E-state index contributed by atoms with van der Waals surface area (Å²) < 4.78 is 0. The molecular weight excluding hydrogens is 510 g/mol. The number of likely N-dealkylation sites (N-methyl/N-ethyl adjacent to an activating group) is 1. The highest BCUT2D eigenvalue weighted by Gasteiger charge is 2.75. The molecule has 2 fully saturated rings. The lowest BCUT2D eigenvalue weighted by molar-refractivity contribution is -0.141. The van der Waals surface area contributed by atoms with Gasteiger partial charge in [-0.05, 0) is 47.6 Å². The molecule has 2 spiro atoms. The topological polar surface area (TPSA) is 61.4 Å². The number of rotatable bonds is 3. The van der Waals surface area contributed by atoms with Crippen LogP contribution in [-0.2, 0) is 15.1 Å². The first-order valence-electron chi connectivity index (χ1n) is 12.8. The van der Waals surface area contributed by atoms with Crippen LogP contribution < -0.4 is 10.6 Å². The van der Waals surface area contributed by atoms with Crippen molar-refractivity contribution in [2.75, 3.05) is 25.5 Å². The molecule has 2 aromatic carbocycles. The van der Waals surface area contributed by atoms with E-state index in [-0.39, 0.29) is 23.7 Å². The number of anilines is 1. The summed E-state index contributed by atoms with van der Waals surface area (Å²) in [4.78, 5) is 33.8. The van der Waals surface area contributed by atoms with E-state index in [1.165, 1.54) is 0 Å². The van der Waals surface area contributed by atoms with Gasteiger partial charge < -0.3 is 10.2 Å². The molecule has 0 aliphatic carbocycles. The van der Waals surface area contributed by atoms with Crippen LogP contribution in [0.1, 0.15) is 32.8 Å². The fourth-order valence-corrected chi connectivity index (χ4v) is 8.64. The molecule has 7 rings (SSSR count). The molecule has 4 atom stereocenters. The van der Waals surface area contributed by atoms with Gasteiger partial charge in [-0.15, -0.1) is 22.7 Å². The standard InChI is InChI=1S/C31H27N3O2S2/c1-34-18-21(17-22-11-7-15-37-22)28(35)30(19-34)26(25-14-8-16-38-25)27(20-9-3-2-4-10-20)33-31(30)23-12-5-6-13-24(23)32-29(31)36/h2-17,26-27,33H,18-19H2,1H3,(H,32,36)/b21-17+/t26-,27-,30-,31-/m1/s1. The summed E-state index contributed by atoms with van der Waals surface area (Å²) in [6.45, 7) is 1.01. The second-order valence-corrected chi connectivity index (χ2v) is 12.4. The van der Waals surface area contributed by atoms with E-state index >= 15 is 4.79 Å². The molecular formula is C31H27N3O2S2. The van der Waals surface area contributed by atoms with Crippen molar-refractivity contribution in [3.8, 4) is 0 Å². The Hall–Kier alpha value is -3.36. The van der Waals surface area contributed by atoms with Crippen molar-refractivity contribution in [1.82, 2.24) is 10.2 Å². The van der Waals surface area contributed by atoms with E-state index < -0.39 is 11.0 Å². The number of amides is 1. The number of likely N-dealkylation sites (tertiary alicyclic amines) is 1. The van der Waals surface area contributed by atoms with Crippen molar-refractivity contribution in [1.29, 1.82) is 0 Å². The monoisotopic (exact) mass is 537 g/mol. The molecule has 0 radical (unpaired) electrons. The average molecular weight is 538 g/mol. The predicted molar refractivity (Wildman–Crippen MR) is 153 cm³/mol. The summed E-state index contributed by atoms with van der Waals surface area (Å²) in [6, 6.07) is 26.1. The van der Waals surface area contributed by atoms with Crippen molar-refractivity contribution in [3.05, 3.63) is 116 Å². The highest BCUT2D eigenvalue weighted by molar-refractivity contribution is 7.11. The molecule has 0 saturated carbocycles. The lowest BCUT2D eigenvalue weighted by Gasteiger charge is -2.49. The fraction of sp³-hybridized carbons (Fsp3) is 0.226. The highest BCUT2D eigenvalue weighted by Crippen LogP contribution is 2.66. The number of thiophene rings is 2. The van der Waals surface area contributed by atoms with Crippen LogP contribution in [-0.4, -0.2) is 36.7 Å². The molecule has 0 unspecified atom stereocenters. The number of carbonyl (C=O) groups is 2. The van der Waals surface area contributed by atoms with Crippen LogP contribution in [0.5, 0.6) is 0 Å². The first kappa shape index (κ1) is 23.7. The number of carbonyl (C=O) groups excluding carboxylic acids is 2. The largest absolute Gasteiger partial charge is 0.324 e. The number of nitrogens with one attached hydrogen (secondary N) is 2. The smallest absolute Gasteiger partial charge is 0.250 e. The van der Waals surface area contributed by atoms with E-state index in [1.54, 1.807) is 22.7 Å². The number of hydrogen-bond acceptors (Lipinski definition) is 6. The zero-order valence-electron chi connectivity index (χ0n) is 20.9. The molecule has 1 amide bonds. The Morgan fingerprint density at radius 1 is 0.921 bits per heavy atom. The molecule has 7 heteroatoms. The maximum absolute atomic E-state index is 15.1. The van der Waals surface area contributed by atoms with Crippen LogP contribution in [0.2, 0.25) is 0 Å². The van der Waals surface area contributed by atoms with Crippen LogP contribution >= 0.6 is 22.7 Å². The van der Waals surface area contributed by atoms with Crippen molar-refractivity contribution in [2.45, 2.75) is 17.5 Å². The molecule has 3 aliphatic heterocycles. The number of Topliss-reactive ketones (excluding diaryl/α,β-unsaturated/α-hetero) is 1. The summed E-state index contributed by atoms with van der Waals surface area (Å²) in [5.41, 5.74) is 1.15. The minimum atomic E-state index is -1.22. The number of benzene rings is 2. The molecule has 5 nitrogen and oxygen atoms in total. The van der Waals surface area contributed by atoms with Gasteiger partial charge in [0.25, 0.3) is 5.91 Å². The van der Waals surface area contributed by atoms with Gasteiger partial charge in [-0.3, -0.25) is 14.9 Å². The Labute approximate surface area is 229 Å². The molecule has 5 heterocycles. The van der Waals surface area contributed by atoms with Gasteiger partial charge in [0.05, 0.1) is 5.41 Å². The van der Waals surface area contributed by atoms with E-state index in [0.717, 1.165) is 32.1 Å². The normalized spacial score (nSPS) is 29.9. The second-order valence-electron chi connectivity index (χ2n) is 10.4. The zero-order valence-corrected chi connectivity index (χ0v) is 22.5. The maximum atomic E-state index is 15.1. The van der Waals surface area contributed by atoms with Gasteiger partial charge in [-0.25, -0.2) is 0 Å². The van der Waals surface area contributed by atoms with Gasteiger partial charge in [-0.2, -0.15) is 0 Å². The van der Waals surface area contributed by atoms with Gasteiger partial charge in [0.1, 0.15) is 5.54 Å². The van der Waals surface area contributed by atoms with E-state index in [1.807, 2.05) is 72.1 Å². The minimum absolute atomic E-state index is 0.0557. The first-order valence-corrected chi connectivity index (χ1v) is 14.5. The third-order valence-electron chi connectivity index (χ3n) is 8.35. The van der Waals surface area contributed by atoms with Gasteiger partial charge in [0, 0.05) is 51.6 Å². The van der Waals surface area contributed by atoms with Crippen molar-refractivity contribution < 1.29 is 9.59 Å². The lowest BCUT2D eigenvalue weighted by atomic mass is 9.56. The van der Waals surface area contributed by atoms with Gasteiger partial charge >= 0.3 is 0 Å². The fourth-order valence-electron chi connectivity index (χ4n) is 7.01. The quantitative estimate of drug-likeness (QED) is 0.331. The summed E-state index contributed by atoms with van der Waals surface area (Å²) >= 11 is 3.28. The Balaban J connectivity index is 1.55. The van der Waals surface area contributed by atoms with Crippen LogP contribution in [0, 0.1) is 5.41 Å². The highest BCUT2D eigenvalue weighted by atomic mass is 32.1. The molecule has 0 bridgehead atoms. The van der Waals surface area contributed by atoms with Crippen LogP contribution in [0.15, 0.2) is 95.2 Å². The number of fused-ring (bicyclic) bond motifs is 3. The zero-order chi connectivity index (χ0) is 25.9. The second kappa shape index (κ2) is 8.85. The predicted octanol–water partition coefficient (Wildman–Crippen LogP) is 5.67. The third kappa shape index (κ3) is 3.23. The number of hydrogen-bond donors (Lipinski definition) is 2. The van der Waals surface area contributed by atoms with Crippen molar-refractivity contribution >= 4 is 46.1 Å². The minimum Gasteiger partial charge on any atom is -0.324 e. The Morgan fingerprint density at radius 3 is 2.45 bits per heavy atom. The molecule has 190 valence electrons. The van der Waals surface area contributed by atoms with Crippen LogP contribution in [0.25, 0.3) is 6.08 Å². The third-order valence-corrected chi connectivity index (χ3v) is 10.1. The number of nitrogens with zero attached hydrogens (tertiary/aromatic N) is 1.